The first-order valence-electron chi connectivity index (χ1n) is 4.27. The number of anilines is 1. The number of hydrogen-bond acceptors (Lipinski definition) is 3. The van der Waals surface area contributed by atoms with Gasteiger partial charge in [0.2, 0.25) is 0 Å². The third-order valence-corrected chi connectivity index (χ3v) is 2.13. The van der Waals surface area contributed by atoms with Gasteiger partial charge in [-0.05, 0) is 12.1 Å². The average Bonchev–Trinajstić information content (AvgIpc) is 2.62. The number of hydrogen-bond donors (Lipinski definition) is 1. The van der Waals surface area contributed by atoms with Crippen molar-refractivity contribution in [2.75, 3.05) is 19.0 Å². The zero-order chi connectivity index (χ0) is 10.1. The molecule has 14 heavy (non-hydrogen) atoms. The molecule has 0 saturated carbocycles. The lowest BCUT2D eigenvalue weighted by atomic mass is 10.1. The van der Waals surface area contributed by atoms with Crippen molar-refractivity contribution in [3.63, 3.8) is 0 Å². The van der Waals surface area contributed by atoms with E-state index < -0.39 is 0 Å². The fourth-order valence-electron chi connectivity index (χ4n) is 1.54. The molecule has 1 aromatic carbocycles. The SMILES string of the molecule is CN(C)c1c(C#N)ccc2[nH]cnc12. The van der Waals surface area contributed by atoms with Crippen LogP contribution in [0, 0.1) is 11.3 Å². The van der Waals surface area contributed by atoms with Gasteiger partial charge in [-0.2, -0.15) is 5.26 Å². The quantitative estimate of drug-likeness (QED) is 0.734. The summed E-state index contributed by atoms with van der Waals surface area (Å²) in [7, 11) is 3.81. The molecule has 0 spiro atoms. The number of rotatable bonds is 1. The molecule has 0 bridgehead atoms. The fraction of sp³-hybridized carbons (Fsp3) is 0.200. The molecule has 4 heteroatoms. The predicted molar refractivity (Wildman–Crippen MR) is 55.1 cm³/mol. The van der Waals surface area contributed by atoms with Gasteiger partial charge < -0.3 is 9.88 Å². The monoisotopic (exact) mass is 186 g/mol. The third kappa shape index (κ3) is 1.11. The lowest BCUT2D eigenvalue weighted by Gasteiger charge is -2.14. The Labute approximate surface area is 81.8 Å². The number of nitriles is 1. The van der Waals surface area contributed by atoms with Crippen molar-refractivity contribution in [3.05, 3.63) is 24.0 Å². The van der Waals surface area contributed by atoms with Gasteiger partial charge in [-0.15, -0.1) is 0 Å². The maximum atomic E-state index is 8.95. The molecule has 0 atom stereocenters. The summed E-state index contributed by atoms with van der Waals surface area (Å²) >= 11 is 0. The van der Waals surface area contributed by atoms with Crippen molar-refractivity contribution >= 4 is 16.7 Å². The van der Waals surface area contributed by atoms with Crippen LogP contribution in [0.1, 0.15) is 5.56 Å². The summed E-state index contributed by atoms with van der Waals surface area (Å²) in [6.07, 6.45) is 1.64. The summed E-state index contributed by atoms with van der Waals surface area (Å²) < 4.78 is 0. The molecule has 0 saturated heterocycles. The number of nitrogens with zero attached hydrogens (tertiary/aromatic N) is 3. The van der Waals surface area contributed by atoms with Crippen LogP contribution in [-0.4, -0.2) is 24.1 Å². The Kier molecular flexibility index (Phi) is 1.86. The van der Waals surface area contributed by atoms with Crippen LogP contribution in [0.25, 0.3) is 11.0 Å². The van der Waals surface area contributed by atoms with Gasteiger partial charge in [0.15, 0.2) is 0 Å². The van der Waals surface area contributed by atoms with Crippen LogP contribution >= 0.6 is 0 Å². The number of imidazole rings is 1. The second kappa shape index (κ2) is 3.04. The summed E-state index contributed by atoms with van der Waals surface area (Å²) in [6.45, 7) is 0. The molecular formula is C10H10N4. The molecule has 70 valence electrons. The largest absolute Gasteiger partial charge is 0.375 e. The molecule has 0 radical (unpaired) electrons. The van der Waals surface area contributed by atoms with Crippen LogP contribution < -0.4 is 4.90 Å². The van der Waals surface area contributed by atoms with Gasteiger partial charge in [0.1, 0.15) is 11.6 Å². The Morgan fingerprint density at radius 2 is 2.21 bits per heavy atom. The van der Waals surface area contributed by atoms with E-state index in [1.54, 1.807) is 12.4 Å². The Morgan fingerprint density at radius 3 is 2.86 bits per heavy atom. The van der Waals surface area contributed by atoms with Gasteiger partial charge in [0, 0.05) is 14.1 Å². The minimum absolute atomic E-state index is 0.648. The van der Waals surface area contributed by atoms with Crippen LogP contribution in [0.15, 0.2) is 18.5 Å². The zero-order valence-electron chi connectivity index (χ0n) is 8.07. The summed E-state index contributed by atoms with van der Waals surface area (Å²) in [5.74, 6) is 0. The van der Waals surface area contributed by atoms with Gasteiger partial charge >= 0.3 is 0 Å². The van der Waals surface area contributed by atoms with E-state index in [0.717, 1.165) is 16.7 Å². The van der Waals surface area contributed by atoms with Crippen LogP contribution in [0.2, 0.25) is 0 Å². The summed E-state index contributed by atoms with van der Waals surface area (Å²) in [6, 6.07) is 5.83. The van der Waals surface area contributed by atoms with E-state index in [1.165, 1.54) is 0 Å². The molecule has 2 rings (SSSR count). The zero-order valence-corrected chi connectivity index (χ0v) is 8.07. The molecule has 0 aliphatic rings. The molecule has 1 N–H and O–H groups in total. The van der Waals surface area contributed by atoms with E-state index in [4.69, 9.17) is 5.26 Å². The Bertz CT molecular complexity index is 504. The van der Waals surface area contributed by atoms with E-state index >= 15 is 0 Å². The van der Waals surface area contributed by atoms with Crippen molar-refractivity contribution in [1.29, 1.82) is 5.26 Å². The predicted octanol–water partition coefficient (Wildman–Crippen LogP) is 1.50. The van der Waals surface area contributed by atoms with E-state index in [0.29, 0.717) is 5.56 Å². The Balaban J connectivity index is 2.84. The van der Waals surface area contributed by atoms with Crippen molar-refractivity contribution in [2.45, 2.75) is 0 Å². The highest BCUT2D eigenvalue weighted by Crippen LogP contribution is 2.26. The van der Waals surface area contributed by atoms with Crippen molar-refractivity contribution in [3.8, 4) is 6.07 Å². The standard InChI is InChI=1S/C10H10N4/c1-14(2)10-7(5-11)3-4-8-9(10)13-6-12-8/h3-4,6H,1-2H3,(H,12,13). The lowest BCUT2D eigenvalue weighted by Crippen LogP contribution is -2.11. The number of fused-ring (bicyclic) bond motifs is 1. The molecule has 4 nitrogen and oxygen atoms in total. The van der Waals surface area contributed by atoms with Gasteiger partial charge in [-0.25, -0.2) is 4.98 Å². The molecule has 0 aliphatic carbocycles. The van der Waals surface area contributed by atoms with Gasteiger partial charge in [-0.1, -0.05) is 0 Å². The smallest absolute Gasteiger partial charge is 0.113 e. The first kappa shape index (κ1) is 8.57. The van der Waals surface area contributed by atoms with Crippen molar-refractivity contribution in [2.24, 2.45) is 0 Å². The maximum Gasteiger partial charge on any atom is 0.113 e. The normalized spacial score (nSPS) is 10.1. The average molecular weight is 186 g/mol. The number of nitrogens with one attached hydrogen (secondary N) is 1. The van der Waals surface area contributed by atoms with E-state index in [1.807, 2.05) is 25.1 Å². The topological polar surface area (TPSA) is 55.7 Å². The summed E-state index contributed by atoms with van der Waals surface area (Å²) in [4.78, 5) is 9.12. The molecule has 0 aliphatic heterocycles. The van der Waals surface area contributed by atoms with Gasteiger partial charge in [0.05, 0.1) is 23.1 Å². The maximum absolute atomic E-state index is 8.95. The first-order valence-corrected chi connectivity index (χ1v) is 4.27. The first-order chi connectivity index (χ1) is 6.74. The third-order valence-electron chi connectivity index (χ3n) is 2.13. The second-order valence-corrected chi connectivity index (χ2v) is 3.27. The highest BCUT2D eigenvalue weighted by atomic mass is 15.1. The minimum atomic E-state index is 0.648. The minimum Gasteiger partial charge on any atom is -0.375 e. The number of aromatic amines is 1. The van der Waals surface area contributed by atoms with E-state index in [2.05, 4.69) is 16.0 Å². The molecule has 2 aromatic rings. The molecule has 0 unspecified atom stereocenters. The van der Waals surface area contributed by atoms with Gasteiger partial charge in [0.25, 0.3) is 0 Å². The number of H-pyrrole nitrogens is 1. The van der Waals surface area contributed by atoms with Crippen LogP contribution in [0.3, 0.4) is 0 Å². The van der Waals surface area contributed by atoms with E-state index in [-0.39, 0.29) is 0 Å². The van der Waals surface area contributed by atoms with Crippen LogP contribution in [0.5, 0.6) is 0 Å². The second-order valence-electron chi connectivity index (χ2n) is 3.27. The summed E-state index contributed by atoms with van der Waals surface area (Å²) in [5, 5.41) is 8.95. The highest BCUT2D eigenvalue weighted by Gasteiger charge is 2.10. The molecular weight excluding hydrogens is 176 g/mol. The van der Waals surface area contributed by atoms with Crippen molar-refractivity contribution < 1.29 is 0 Å². The Morgan fingerprint density at radius 1 is 1.43 bits per heavy atom. The Hall–Kier alpha value is -2.02. The lowest BCUT2D eigenvalue weighted by molar-refractivity contribution is 1.13. The summed E-state index contributed by atoms with van der Waals surface area (Å²) in [5.41, 5.74) is 3.31. The molecule has 1 heterocycles. The molecule has 0 fully saturated rings. The number of aromatic nitrogens is 2. The van der Waals surface area contributed by atoms with Crippen molar-refractivity contribution in [1.82, 2.24) is 9.97 Å². The molecule has 0 amide bonds. The number of benzene rings is 1. The highest BCUT2D eigenvalue weighted by molar-refractivity contribution is 5.91. The fourth-order valence-corrected chi connectivity index (χ4v) is 1.54. The van der Waals surface area contributed by atoms with Crippen LogP contribution in [-0.2, 0) is 0 Å². The van der Waals surface area contributed by atoms with Gasteiger partial charge in [-0.3, -0.25) is 0 Å². The van der Waals surface area contributed by atoms with Crippen LogP contribution in [0.4, 0.5) is 5.69 Å². The van der Waals surface area contributed by atoms with E-state index in [9.17, 15) is 0 Å². The molecule has 1 aromatic heterocycles.